The van der Waals surface area contributed by atoms with E-state index >= 15 is 0 Å². The van der Waals surface area contributed by atoms with E-state index in [2.05, 4.69) is 5.32 Å². The molecule has 1 amide bonds. The van der Waals surface area contributed by atoms with Crippen LogP contribution in [-0.4, -0.2) is 23.0 Å². The SMILES string of the molecule is O=C(O)CC(NC(=O)c1ccc(Cl)s1)C1CC1. The highest BCUT2D eigenvalue weighted by Crippen LogP contribution is 2.34. The van der Waals surface area contributed by atoms with Gasteiger partial charge in [0.15, 0.2) is 0 Å². The Morgan fingerprint density at radius 2 is 2.24 bits per heavy atom. The zero-order valence-corrected chi connectivity index (χ0v) is 10.6. The number of nitrogens with one attached hydrogen (secondary N) is 1. The van der Waals surface area contributed by atoms with Crippen molar-refractivity contribution in [2.45, 2.75) is 25.3 Å². The second kappa shape index (κ2) is 5.06. The van der Waals surface area contributed by atoms with Gasteiger partial charge in [0.2, 0.25) is 0 Å². The number of hydrogen-bond donors (Lipinski definition) is 2. The van der Waals surface area contributed by atoms with E-state index in [0.717, 1.165) is 12.8 Å². The van der Waals surface area contributed by atoms with Crippen molar-refractivity contribution < 1.29 is 14.7 Å². The molecular formula is C11H12ClNO3S. The summed E-state index contributed by atoms with van der Waals surface area (Å²) in [7, 11) is 0. The first-order valence-electron chi connectivity index (χ1n) is 5.34. The van der Waals surface area contributed by atoms with E-state index in [1.165, 1.54) is 11.3 Å². The molecule has 1 saturated carbocycles. The van der Waals surface area contributed by atoms with Crippen LogP contribution in [0.3, 0.4) is 0 Å². The number of carboxylic acid groups (broad SMARTS) is 1. The summed E-state index contributed by atoms with van der Waals surface area (Å²) in [6, 6.07) is 3.04. The molecule has 1 unspecified atom stereocenters. The molecule has 2 N–H and O–H groups in total. The molecule has 1 aliphatic rings. The molecule has 92 valence electrons. The molecule has 0 aromatic carbocycles. The molecule has 17 heavy (non-hydrogen) atoms. The number of carbonyl (C=O) groups excluding carboxylic acids is 1. The lowest BCUT2D eigenvalue weighted by Crippen LogP contribution is -2.37. The average molecular weight is 274 g/mol. The van der Waals surface area contributed by atoms with Crippen molar-refractivity contribution >= 4 is 34.8 Å². The van der Waals surface area contributed by atoms with Crippen LogP contribution in [0.2, 0.25) is 4.34 Å². The minimum atomic E-state index is -0.883. The summed E-state index contributed by atoms with van der Waals surface area (Å²) in [5, 5.41) is 11.6. The first-order valence-corrected chi connectivity index (χ1v) is 6.53. The van der Waals surface area contributed by atoms with E-state index in [4.69, 9.17) is 16.7 Å². The second-order valence-electron chi connectivity index (χ2n) is 4.12. The van der Waals surface area contributed by atoms with Crippen molar-refractivity contribution in [3.63, 3.8) is 0 Å². The van der Waals surface area contributed by atoms with Crippen molar-refractivity contribution in [2.75, 3.05) is 0 Å². The van der Waals surface area contributed by atoms with Gasteiger partial charge in [-0.2, -0.15) is 0 Å². The molecule has 1 fully saturated rings. The molecule has 0 saturated heterocycles. The highest BCUT2D eigenvalue weighted by molar-refractivity contribution is 7.17. The number of thiophene rings is 1. The zero-order valence-electron chi connectivity index (χ0n) is 8.98. The van der Waals surface area contributed by atoms with Crippen molar-refractivity contribution in [2.24, 2.45) is 5.92 Å². The van der Waals surface area contributed by atoms with Crippen LogP contribution in [0, 0.1) is 5.92 Å². The Balaban J connectivity index is 1.97. The minimum Gasteiger partial charge on any atom is -0.481 e. The standard InChI is InChI=1S/C11H12ClNO3S/c12-9-4-3-8(17-9)11(16)13-7(5-10(14)15)6-1-2-6/h3-4,6-7H,1-2,5H2,(H,13,16)(H,14,15). The molecule has 2 rings (SSSR count). The molecular weight excluding hydrogens is 262 g/mol. The van der Waals surface area contributed by atoms with Crippen molar-refractivity contribution in [3.8, 4) is 0 Å². The van der Waals surface area contributed by atoms with E-state index in [-0.39, 0.29) is 18.4 Å². The second-order valence-corrected chi connectivity index (χ2v) is 5.83. The highest BCUT2D eigenvalue weighted by atomic mass is 35.5. The van der Waals surface area contributed by atoms with Crippen LogP contribution in [0.1, 0.15) is 28.9 Å². The Morgan fingerprint density at radius 1 is 1.53 bits per heavy atom. The summed E-state index contributed by atoms with van der Waals surface area (Å²) < 4.78 is 0.552. The molecule has 0 bridgehead atoms. The molecule has 1 aliphatic carbocycles. The quantitative estimate of drug-likeness (QED) is 0.866. The normalized spacial score (nSPS) is 16.5. The number of carbonyl (C=O) groups is 2. The van der Waals surface area contributed by atoms with Gasteiger partial charge in [-0.05, 0) is 30.9 Å². The molecule has 1 atom stereocenters. The van der Waals surface area contributed by atoms with E-state index in [0.29, 0.717) is 15.1 Å². The molecule has 0 aliphatic heterocycles. The van der Waals surface area contributed by atoms with Crippen molar-refractivity contribution in [3.05, 3.63) is 21.3 Å². The fraction of sp³-hybridized carbons (Fsp3) is 0.455. The third kappa shape index (κ3) is 3.44. The first kappa shape index (κ1) is 12.4. The van der Waals surface area contributed by atoms with Gasteiger partial charge in [0.25, 0.3) is 5.91 Å². The van der Waals surface area contributed by atoms with E-state index < -0.39 is 5.97 Å². The highest BCUT2D eigenvalue weighted by Gasteiger charge is 2.34. The van der Waals surface area contributed by atoms with Gasteiger partial charge in [0.05, 0.1) is 15.6 Å². The first-order chi connectivity index (χ1) is 8.06. The Hall–Kier alpha value is -1.07. The average Bonchev–Trinajstić information content (AvgIpc) is 2.99. The number of amides is 1. The number of aliphatic carboxylic acids is 1. The van der Waals surface area contributed by atoms with Crippen LogP contribution < -0.4 is 5.32 Å². The van der Waals surface area contributed by atoms with Crippen LogP contribution in [-0.2, 0) is 4.79 Å². The Labute approximate surface area is 108 Å². The van der Waals surface area contributed by atoms with Crippen LogP contribution in [0.4, 0.5) is 0 Å². The van der Waals surface area contributed by atoms with Gasteiger partial charge in [-0.3, -0.25) is 9.59 Å². The van der Waals surface area contributed by atoms with Crippen LogP contribution in [0.25, 0.3) is 0 Å². The topological polar surface area (TPSA) is 66.4 Å². The summed E-state index contributed by atoms with van der Waals surface area (Å²) in [6.45, 7) is 0. The maximum atomic E-state index is 11.8. The largest absolute Gasteiger partial charge is 0.481 e. The number of hydrogen-bond acceptors (Lipinski definition) is 3. The van der Waals surface area contributed by atoms with E-state index in [1.807, 2.05) is 0 Å². The van der Waals surface area contributed by atoms with Crippen molar-refractivity contribution in [1.29, 1.82) is 0 Å². The predicted octanol–water partition coefficient (Wildman–Crippen LogP) is 2.38. The number of carboxylic acids is 1. The lowest BCUT2D eigenvalue weighted by Gasteiger charge is -2.15. The Kier molecular flexibility index (Phi) is 3.69. The Morgan fingerprint density at radius 3 is 2.71 bits per heavy atom. The number of rotatable bonds is 5. The summed E-state index contributed by atoms with van der Waals surface area (Å²) in [4.78, 5) is 23.0. The van der Waals surface area contributed by atoms with Gasteiger partial charge in [0.1, 0.15) is 0 Å². The van der Waals surface area contributed by atoms with Crippen LogP contribution in [0.5, 0.6) is 0 Å². The van der Waals surface area contributed by atoms with E-state index in [1.54, 1.807) is 12.1 Å². The summed E-state index contributed by atoms with van der Waals surface area (Å²) in [5.41, 5.74) is 0. The van der Waals surface area contributed by atoms with Gasteiger partial charge in [0, 0.05) is 6.04 Å². The lowest BCUT2D eigenvalue weighted by atomic mass is 10.1. The molecule has 0 radical (unpaired) electrons. The van der Waals surface area contributed by atoms with Gasteiger partial charge in [-0.1, -0.05) is 11.6 Å². The zero-order chi connectivity index (χ0) is 12.4. The van der Waals surface area contributed by atoms with Gasteiger partial charge in [-0.25, -0.2) is 0 Å². The van der Waals surface area contributed by atoms with E-state index in [9.17, 15) is 9.59 Å². The molecule has 1 aromatic heterocycles. The summed E-state index contributed by atoms with van der Waals surface area (Å²) in [6.07, 6.45) is 1.96. The summed E-state index contributed by atoms with van der Waals surface area (Å²) in [5.74, 6) is -0.808. The maximum absolute atomic E-state index is 11.8. The Bertz CT molecular complexity index is 442. The van der Waals surface area contributed by atoms with Gasteiger partial charge < -0.3 is 10.4 Å². The number of halogens is 1. The molecule has 6 heteroatoms. The van der Waals surface area contributed by atoms with Crippen molar-refractivity contribution in [1.82, 2.24) is 5.32 Å². The van der Waals surface area contributed by atoms with Crippen LogP contribution >= 0.6 is 22.9 Å². The molecule has 1 heterocycles. The summed E-state index contributed by atoms with van der Waals surface area (Å²) >= 11 is 6.94. The van der Waals surface area contributed by atoms with Gasteiger partial charge >= 0.3 is 5.97 Å². The molecule has 1 aromatic rings. The molecule has 4 nitrogen and oxygen atoms in total. The minimum absolute atomic E-state index is 0.0183. The third-order valence-electron chi connectivity index (χ3n) is 2.70. The fourth-order valence-corrected chi connectivity index (χ4v) is 2.64. The lowest BCUT2D eigenvalue weighted by molar-refractivity contribution is -0.137. The maximum Gasteiger partial charge on any atom is 0.305 e. The monoisotopic (exact) mass is 273 g/mol. The fourth-order valence-electron chi connectivity index (χ4n) is 1.70. The van der Waals surface area contributed by atoms with Crippen LogP contribution in [0.15, 0.2) is 12.1 Å². The van der Waals surface area contributed by atoms with Gasteiger partial charge in [-0.15, -0.1) is 11.3 Å². The smallest absolute Gasteiger partial charge is 0.305 e. The molecule has 0 spiro atoms. The third-order valence-corrected chi connectivity index (χ3v) is 3.93. The predicted molar refractivity (Wildman–Crippen MR) is 65.6 cm³/mol.